The van der Waals surface area contributed by atoms with E-state index in [1.807, 2.05) is 35.2 Å². The molecule has 3 rings (SSSR count). The Morgan fingerprint density at radius 2 is 1.59 bits per heavy atom. The molecule has 0 aromatic heterocycles. The fourth-order valence-corrected chi connectivity index (χ4v) is 4.48. The van der Waals surface area contributed by atoms with Gasteiger partial charge in [-0.05, 0) is 29.8 Å². The summed E-state index contributed by atoms with van der Waals surface area (Å²) in [5, 5.41) is 5.29. The molecule has 0 atom stereocenters. The van der Waals surface area contributed by atoms with Crippen molar-refractivity contribution in [3.63, 3.8) is 0 Å². The van der Waals surface area contributed by atoms with E-state index in [1.54, 1.807) is 12.1 Å². The number of anilines is 1. The van der Waals surface area contributed by atoms with Gasteiger partial charge >= 0.3 is 6.03 Å². The van der Waals surface area contributed by atoms with Gasteiger partial charge in [0.05, 0.1) is 5.75 Å². The largest absolute Gasteiger partial charge is 0.369 e. The molecular weight excluding hydrogens is 395 g/mol. The summed E-state index contributed by atoms with van der Waals surface area (Å²) in [5.41, 5.74) is 1.84. The van der Waals surface area contributed by atoms with Crippen molar-refractivity contribution in [3.05, 3.63) is 66.0 Å². The summed E-state index contributed by atoms with van der Waals surface area (Å²) in [4.78, 5) is 13.9. The van der Waals surface area contributed by atoms with Gasteiger partial charge in [0.15, 0.2) is 0 Å². The number of sulfonamides is 1. The van der Waals surface area contributed by atoms with E-state index >= 15 is 0 Å². The highest BCUT2D eigenvalue weighted by atomic mass is 32.2. The fraction of sp³-hybridized carbons (Fsp3) is 0.350. The number of nitrogens with one attached hydrogen (secondary N) is 2. The molecule has 0 saturated carbocycles. The smallest absolute Gasteiger partial charge is 0.315 e. The van der Waals surface area contributed by atoms with Gasteiger partial charge < -0.3 is 15.5 Å². The van der Waals surface area contributed by atoms with E-state index in [4.69, 9.17) is 0 Å². The first-order valence-electron chi connectivity index (χ1n) is 9.48. The van der Waals surface area contributed by atoms with Crippen LogP contribution < -0.4 is 15.5 Å². The van der Waals surface area contributed by atoms with Crippen LogP contribution in [0.5, 0.6) is 0 Å². The Bertz CT molecular complexity index is 899. The monoisotopic (exact) mass is 420 g/mol. The van der Waals surface area contributed by atoms with E-state index in [-0.39, 0.29) is 18.1 Å². The zero-order chi connectivity index (χ0) is 20.7. The molecule has 2 aromatic rings. The van der Waals surface area contributed by atoms with Crippen LogP contribution in [0.2, 0.25) is 0 Å². The van der Waals surface area contributed by atoms with Gasteiger partial charge in [0.2, 0.25) is 10.0 Å². The highest BCUT2D eigenvalue weighted by molar-refractivity contribution is 7.89. The Hall–Kier alpha value is -2.65. The van der Waals surface area contributed by atoms with Crippen LogP contribution in [0.25, 0.3) is 0 Å². The molecule has 0 spiro atoms. The lowest BCUT2D eigenvalue weighted by Crippen LogP contribution is -2.50. The van der Waals surface area contributed by atoms with Gasteiger partial charge in [-0.15, -0.1) is 0 Å². The van der Waals surface area contributed by atoms with Gasteiger partial charge in [0.1, 0.15) is 5.82 Å². The van der Waals surface area contributed by atoms with E-state index in [0.717, 1.165) is 11.3 Å². The lowest BCUT2D eigenvalue weighted by atomic mass is 10.2. The first-order valence-corrected chi connectivity index (χ1v) is 11.1. The Morgan fingerprint density at radius 3 is 2.24 bits per heavy atom. The number of hydrogen-bond acceptors (Lipinski definition) is 4. The second-order valence-electron chi connectivity index (χ2n) is 6.77. The molecule has 29 heavy (non-hydrogen) atoms. The van der Waals surface area contributed by atoms with Crippen LogP contribution in [0, 0.1) is 5.82 Å². The van der Waals surface area contributed by atoms with Crippen molar-refractivity contribution in [1.82, 2.24) is 14.9 Å². The predicted molar refractivity (Wildman–Crippen MR) is 111 cm³/mol. The van der Waals surface area contributed by atoms with Crippen LogP contribution in [0.3, 0.4) is 0 Å². The van der Waals surface area contributed by atoms with E-state index in [0.29, 0.717) is 32.7 Å². The summed E-state index contributed by atoms with van der Waals surface area (Å²) in [7, 11) is -3.45. The van der Waals surface area contributed by atoms with Crippen LogP contribution in [-0.4, -0.2) is 57.2 Å². The van der Waals surface area contributed by atoms with Crippen molar-refractivity contribution in [1.29, 1.82) is 0 Å². The van der Waals surface area contributed by atoms with Crippen LogP contribution in [0.1, 0.15) is 5.56 Å². The molecule has 0 aliphatic carbocycles. The molecule has 2 aromatic carbocycles. The van der Waals surface area contributed by atoms with Gasteiger partial charge in [-0.1, -0.05) is 30.3 Å². The van der Waals surface area contributed by atoms with Crippen molar-refractivity contribution in [2.75, 3.05) is 43.4 Å². The summed E-state index contributed by atoms with van der Waals surface area (Å²) in [6.45, 7) is 2.22. The molecule has 2 N–H and O–H groups in total. The van der Waals surface area contributed by atoms with E-state index in [9.17, 15) is 17.6 Å². The molecule has 2 amide bonds. The lowest BCUT2D eigenvalue weighted by molar-refractivity contribution is 0.241. The maximum absolute atomic E-state index is 13.0. The van der Waals surface area contributed by atoms with Gasteiger partial charge in [-0.25, -0.2) is 17.6 Å². The van der Waals surface area contributed by atoms with Crippen LogP contribution in [0.4, 0.5) is 14.9 Å². The summed E-state index contributed by atoms with van der Waals surface area (Å²) in [6.07, 6.45) is 0. The molecule has 7 nitrogen and oxygen atoms in total. The number of carbonyl (C=O) groups is 1. The van der Waals surface area contributed by atoms with Gasteiger partial charge in [0.25, 0.3) is 0 Å². The van der Waals surface area contributed by atoms with Gasteiger partial charge in [-0.2, -0.15) is 4.31 Å². The third-order valence-electron chi connectivity index (χ3n) is 4.77. The number of carbonyl (C=O) groups excluding carboxylic acids is 1. The average molecular weight is 421 g/mol. The summed E-state index contributed by atoms with van der Waals surface area (Å²) in [6, 6.07) is 15.2. The van der Waals surface area contributed by atoms with Crippen molar-refractivity contribution in [2.24, 2.45) is 0 Å². The van der Waals surface area contributed by atoms with Crippen molar-refractivity contribution in [3.8, 4) is 0 Å². The molecular formula is C20H25FN4O3S. The number of urea groups is 1. The molecule has 1 aliphatic heterocycles. The first-order chi connectivity index (χ1) is 13.9. The third-order valence-corrected chi connectivity index (χ3v) is 6.64. The average Bonchev–Trinajstić information content (AvgIpc) is 2.73. The SMILES string of the molecule is O=C(NCCS(=O)(=O)N1CCN(c2ccc(F)cc2)CC1)NCc1ccccc1. The molecule has 1 saturated heterocycles. The number of piperazine rings is 1. The topological polar surface area (TPSA) is 81.8 Å². The molecule has 0 unspecified atom stereocenters. The highest BCUT2D eigenvalue weighted by Crippen LogP contribution is 2.18. The number of halogens is 1. The Kier molecular flexibility index (Phi) is 7.05. The lowest BCUT2D eigenvalue weighted by Gasteiger charge is -2.35. The van der Waals surface area contributed by atoms with Crippen LogP contribution in [0.15, 0.2) is 54.6 Å². The molecule has 1 fully saturated rings. The van der Waals surface area contributed by atoms with Crippen molar-refractivity contribution >= 4 is 21.7 Å². The van der Waals surface area contributed by atoms with E-state index in [1.165, 1.54) is 16.4 Å². The Morgan fingerprint density at radius 1 is 0.931 bits per heavy atom. The normalized spacial score (nSPS) is 15.1. The minimum Gasteiger partial charge on any atom is -0.369 e. The number of benzene rings is 2. The van der Waals surface area contributed by atoms with Crippen LogP contribution in [-0.2, 0) is 16.6 Å². The maximum Gasteiger partial charge on any atom is 0.315 e. The zero-order valence-electron chi connectivity index (χ0n) is 16.1. The number of amides is 2. The van der Waals surface area contributed by atoms with Gasteiger partial charge in [0, 0.05) is 45.0 Å². The Labute approximate surface area is 170 Å². The minimum absolute atomic E-state index is 0.0428. The third kappa shape index (κ3) is 6.16. The van der Waals surface area contributed by atoms with Gasteiger partial charge in [-0.3, -0.25) is 0 Å². The summed E-state index contributed by atoms with van der Waals surface area (Å²) >= 11 is 0. The van der Waals surface area contributed by atoms with Crippen molar-refractivity contribution < 1.29 is 17.6 Å². The highest BCUT2D eigenvalue weighted by Gasteiger charge is 2.26. The molecule has 1 heterocycles. The number of rotatable bonds is 7. The molecule has 1 aliphatic rings. The molecule has 0 bridgehead atoms. The second kappa shape index (κ2) is 9.71. The maximum atomic E-state index is 13.0. The van der Waals surface area contributed by atoms with E-state index < -0.39 is 16.1 Å². The quantitative estimate of drug-likeness (QED) is 0.716. The van der Waals surface area contributed by atoms with E-state index in [2.05, 4.69) is 10.6 Å². The minimum atomic E-state index is -3.45. The zero-order valence-corrected chi connectivity index (χ0v) is 16.9. The summed E-state index contributed by atoms with van der Waals surface area (Å²) in [5.74, 6) is -0.447. The van der Waals surface area contributed by atoms with Crippen molar-refractivity contribution in [2.45, 2.75) is 6.54 Å². The summed E-state index contributed by atoms with van der Waals surface area (Å²) < 4.78 is 39.5. The Balaban J connectivity index is 1.39. The molecule has 0 radical (unpaired) electrons. The molecule has 156 valence electrons. The molecule has 9 heteroatoms. The van der Waals surface area contributed by atoms with Crippen LogP contribution >= 0.6 is 0 Å². The standard InChI is InChI=1S/C20H25FN4O3S/c21-18-6-8-19(9-7-18)24-11-13-25(14-12-24)29(27,28)15-10-22-20(26)23-16-17-4-2-1-3-5-17/h1-9H,10-16H2,(H2,22,23,26). The first kappa shape index (κ1) is 21.1. The predicted octanol–water partition coefficient (Wildman–Crippen LogP) is 1.78. The fourth-order valence-electron chi connectivity index (χ4n) is 3.14. The number of hydrogen-bond donors (Lipinski definition) is 2. The second-order valence-corrected chi connectivity index (χ2v) is 8.86. The number of nitrogens with zero attached hydrogens (tertiary/aromatic N) is 2.